The van der Waals surface area contributed by atoms with Crippen molar-refractivity contribution in [3.05, 3.63) is 0 Å². The highest BCUT2D eigenvalue weighted by atomic mass is 32.2. The molecule has 0 fully saturated rings. The quantitative estimate of drug-likeness (QED) is 0.549. The average molecular weight is 180 g/mol. The van der Waals surface area contributed by atoms with Crippen LogP contribution in [0.15, 0.2) is 0 Å². The van der Waals surface area contributed by atoms with Crippen molar-refractivity contribution in [3.8, 4) is 0 Å². The zero-order chi connectivity index (χ0) is 9.23. The predicted octanol–water partition coefficient (Wildman–Crippen LogP) is -0.441. The predicted molar refractivity (Wildman–Crippen MR) is 41.7 cm³/mol. The number of hydrogen-bond acceptors (Lipinski definition) is 3. The molecule has 0 heterocycles. The molecule has 0 saturated heterocycles. The summed E-state index contributed by atoms with van der Waals surface area (Å²) in [7, 11) is 0.795. The Morgan fingerprint density at radius 1 is 1.18 bits per heavy atom. The first-order chi connectivity index (χ1) is 4.76. The lowest BCUT2D eigenvalue weighted by Gasteiger charge is -2.19. The summed E-state index contributed by atoms with van der Waals surface area (Å²) in [6.07, 6.45) is 0.981. The van der Waals surface area contributed by atoms with Gasteiger partial charge in [0.2, 0.25) is 10.0 Å². The molecule has 11 heavy (non-hydrogen) atoms. The first kappa shape index (κ1) is 10.2. The van der Waals surface area contributed by atoms with E-state index in [9.17, 15) is 13.2 Å². The van der Waals surface area contributed by atoms with E-state index in [2.05, 4.69) is 0 Å². The molecule has 66 valence electrons. The van der Waals surface area contributed by atoms with Crippen LogP contribution in [0, 0.1) is 0 Å². The van der Waals surface area contributed by atoms with E-state index in [0.29, 0.717) is 4.31 Å². The summed E-state index contributed by atoms with van der Waals surface area (Å²) in [4.78, 5) is 12.2. The Balaban J connectivity index is 4.53. The third-order valence-electron chi connectivity index (χ3n) is 1.15. The molecular weight excluding hydrogens is 168 g/mol. The summed E-state index contributed by atoms with van der Waals surface area (Å²) in [6.45, 7) is 0. The van der Waals surface area contributed by atoms with Crippen molar-refractivity contribution in [2.24, 2.45) is 0 Å². The third-order valence-corrected chi connectivity index (χ3v) is 2.30. The molecule has 0 radical (unpaired) electrons. The maximum Gasteiger partial charge on any atom is 0.332 e. The highest BCUT2D eigenvalue weighted by Crippen LogP contribution is 1.96. The average Bonchev–Trinajstić information content (AvgIpc) is 1.82. The molecule has 0 aliphatic carbocycles. The number of urea groups is 1. The zero-order valence-corrected chi connectivity index (χ0v) is 7.84. The molecule has 6 heteroatoms. The Kier molecular flexibility index (Phi) is 2.86. The van der Waals surface area contributed by atoms with Gasteiger partial charge in [-0.25, -0.2) is 17.5 Å². The molecular formula is C5H12N2O3S. The van der Waals surface area contributed by atoms with Crippen molar-refractivity contribution < 1.29 is 13.2 Å². The number of amides is 2. The maximum atomic E-state index is 11.0. The zero-order valence-electron chi connectivity index (χ0n) is 7.03. The van der Waals surface area contributed by atoms with Crippen LogP contribution in [-0.2, 0) is 10.0 Å². The van der Waals surface area contributed by atoms with E-state index in [4.69, 9.17) is 0 Å². The Morgan fingerprint density at radius 3 is 1.64 bits per heavy atom. The van der Waals surface area contributed by atoms with E-state index in [-0.39, 0.29) is 0 Å². The molecule has 0 aromatic heterocycles. The van der Waals surface area contributed by atoms with Crippen LogP contribution in [0.4, 0.5) is 4.79 Å². The van der Waals surface area contributed by atoms with Crippen molar-refractivity contribution in [1.29, 1.82) is 0 Å². The van der Waals surface area contributed by atoms with Gasteiger partial charge in [-0.3, -0.25) is 0 Å². The Hall–Kier alpha value is -0.780. The topological polar surface area (TPSA) is 57.7 Å². The second kappa shape index (κ2) is 3.08. The van der Waals surface area contributed by atoms with E-state index in [1.54, 1.807) is 0 Å². The molecule has 5 nitrogen and oxygen atoms in total. The summed E-state index contributed by atoms with van der Waals surface area (Å²) < 4.78 is 22.2. The molecule has 0 saturated carbocycles. The van der Waals surface area contributed by atoms with Gasteiger partial charge in [0.25, 0.3) is 0 Å². The minimum atomic E-state index is -3.40. The number of hydrogen-bond donors (Lipinski definition) is 0. The smallest absolute Gasteiger partial charge is 0.330 e. The second-order valence-electron chi connectivity index (χ2n) is 2.41. The van der Waals surface area contributed by atoms with Gasteiger partial charge in [-0.1, -0.05) is 0 Å². The number of nitrogens with zero attached hydrogens (tertiary/aromatic N) is 2. The number of carbonyl (C=O) groups excluding carboxylic acids is 1. The van der Waals surface area contributed by atoms with Gasteiger partial charge in [0.05, 0.1) is 6.26 Å². The van der Waals surface area contributed by atoms with Gasteiger partial charge >= 0.3 is 6.03 Å². The number of rotatable bonds is 1. The van der Waals surface area contributed by atoms with Crippen molar-refractivity contribution in [2.45, 2.75) is 0 Å². The summed E-state index contributed by atoms with van der Waals surface area (Å²) >= 11 is 0. The largest absolute Gasteiger partial charge is 0.332 e. The second-order valence-corrected chi connectivity index (χ2v) is 4.42. The first-order valence-corrected chi connectivity index (χ1v) is 4.77. The summed E-state index contributed by atoms with van der Waals surface area (Å²) in [6, 6.07) is -0.549. The van der Waals surface area contributed by atoms with Crippen molar-refractivity contribution in [1.82, 2.24) is 9.21 Å². The van der Waals surface area contributed by atoms with Gasteiger partial charge in [-0.05, 0) is 0 Å². The van der Waals surface area contributed by atoms with E-state index >= 15 is 0 Å². The molecule has 0 spiro atoms. The van der Waals surface area contributed by atoms with E-state index < -0.39 is 16.1 Å². The molecule has 0 unspecified atom stereocenters. The molecule has 0 bridgehead atoms. The Bertz CT molecular complexity index is 244. The molecule has 2 amide bonds. The molecule has 0 aliphatic heterocycles. The van der Waals surface area contributed by atoms with Crippen LogP contribution in [-0.4, -0.2) is 51.1 Å². The molecule has 0 atom stereocenters. The minimum Gasteiger partial charge on any atom is -0.330 e. The third kappa shape index (κ3) is 2.75. The van der Waals surface area contributed by atoms with Crippen molar-refractivity contribution >= 4 is 16.1 Å². The first-order valence-electron chi connectivity index (χ1n) is 2.92. The van der Waals surface area contributed by atoms with Gasteiger partial charge in [-0.15, -0.1) is 0 Å². The summed E-state index contributed by atoms with van der Waals surface area (Å²) in [5.74, 6) is 0. The van der Waals surface area contributed by atoms with Crippen LogP contribution in [0.25, 0.3) is 0 Å². The molecule has 0 aromatic rings. The molecule has 0 aromatic carbocycles. The van der Waals surface area contributed by atoms with Crippen LogP contribution >= 0.6 is 0 Å². The Labute approximate surface area is 66.6 Å². The lowest BCUT2D eigenvalue weighted by molar-refractivity contribution is 0.203. The van der Waals surface area contributed by atoms with Crippen LogP contribution < -0.4 is 0 Å². The highest BCUT2D eigenvalue weighted by Gasteiger charge is 2.18. The number of sulfonamides is 1. The number of carbonyl (C=O) groups is 1. The van der Waals surface area contributed by atoms with Crippen LogP contribution in [0.3, 0.4) is 0 Å². The van der Waals surface area contributed by atoms with Crippen LogP contribution in [0.2, 0.25) is 0 Å². The van der Waals surface area contributed by atoms with Gasteiger partial charge in [0, 0.05) is 21.1 Å². The fourth-order valence-electron chi connectivity index (χ4n) is 0.424. The normalized spacial score (nSPS) is 10.9. The Morgan fingerprint density at radius 2 is 1.55 bits per heavy atom. The monoisotopic (exact) mass is 180 g/mol. The van der Waals surface area contributed by atoms with E-state index in [1.807, 2.05) is 0 Å². The standard InChI is InChI=1S/C5H12N2O3S/c1-6(2)5(8)7(3)11(4,9)10/h1-4H3. The summed E-state index contributed by atoms with van der Waals surface area (Å²) in [5, 5.41) is 0. The van der Waals surface area contributed by atoms with Crippen LogP contribution in [0.5, 0.6) is 0 Å². The van der Waals surface area contributed by atoms with Crippen molar-refractivity contribution in [3.63, 3.8) is 0 Å². The molecule has 0 aliphatic rings. The lowest BCUT2D eigenvalue weighted by atomic mass is 10.8. The molecule has 0 rings (SSSR count). The summed E-state index contributed by atoms with van der Waals surface area (Å²) in [5.41, 5.74) is 0. The van der Waals surface area contributed by atoms with Gasteiger partial charge in [-0.2, -0.15) is 0 Å². The lowest BCUT2D eigenvalue weighted by Crippen LogP contribution is -2.39. The molecule has 0 N–H and O–H groups in total. The van der Waals surface area contributed by atoms with Crippen LogP contribution in [0.1, 0.15) is 0 Å². The highest BCUT2D eigenvalue weighted by molar-refractivity contribution is 7.88. The van der Waals surface area contributed by atoms with Gasteiger partial charge in [0.15, 0.2) is 0 Å². The van der Waals surface area contributed by atoms with Gasteiger partial charge < -0.3 is 4.90 Å². The SMILES string of the molecule is CN(C)C(=O)N(C)S(C)(=O)=O. The maximum absolute atomic E-state index is 11.0. The fourth-order valence-corrected chi connectivity index (χ4v) is 0.871. The van der Waals surface area contributed by atoms with E-state index in [0.717, 1.165) is 6.26 Å². The van der Waals surface area contributed by atoms with E-state index in [1.165, 1.54) is 26.0 Å². The van der Waals surface area contributed by atoms with Crippen molar-refractivity contribution in [2.75, 3.05) is 27.4 Å². The minimum absolute atomic E-state index is 0.549. The fraction of sp³-hybridized carbons (Fsp3) is 0.800. The van der Waals surface area contributed by atoms with Gasteiger partial charge in [0.1, 0.15) is 0 Å².